The third-order valence-corrected chi connectivity index (χ3v) is 5.30. The number of non-ortho nitro benzene ring substituents is 1. The van der Waals surface area contributed by atoms with Gasteiger partial charge in [0, 0.05) is 21.3 Å². The van der Waals surface area contributed by atoms with Crippen LogP contribution in [0.5, 0.6) is 5.75 Å². The first kappa shape index (κ1) is 20.0. The van der Waals surface area contributed by atoms with Gasteiger partial charge in [0.1, 0.15) is 5.75 Å². The number of ether oxygens (including phenoxy) is 2. The summed E-state index contributed by atoms with van der Waals surface area (Å²) in [5, 5.41) is 11.2. The number of esters is 1. The van der Waals surface area contributed by atoms with Gasteiger partial charge in [-0.05, 0) is 69.5 Å². The maximum atomic E-state index is 12.2. The zero-order valence-electron chi connectivity index (χ0n) is 13.5. The van der Waals surface area contributed by atoms with Crippen molar-refractivity contribution >= 4 is 80.4 Å². The highest BCUT2D eigenvalue weighted by molar-refractivity contribution is 14.1. The van der Waals surface area contributed by atoms with E-state index in [2.05, 4.69) is 50.2 Å². The van der Waals surface area contributed by atoms with Gasteiger partial charge in [-0.15, -0.1) is 0 Å². The van der Waals surface area contributed by atoms with Crippen LogP contribution in [0.15, 0.2) is 41.0 Å². The number of carbonyl (C=O) groups is 1. The summed E-state index contributed by atoms with van der Waals surface area (Å²) in [6.45, 7) is 0. The molecule has 1 aliphatic rings. The lowest BCUT2D eigenvalue weighted by Gasteiger charge is -2.08. The van der Waals surface area contributed by atoms with E-state index in [9.17, 15) is 14.9 Å². The zero-order chi connectivity index (χ0) is 19.7. The lowest BCUT2D eigenvalue weighted by atomic mass is 10.1. The van der Waals surface area contributed by atoms with Crippen LogP contribution in [0.4, 0.5) is 5.69 Å². The van der Waals surface area contributed by atoms with E-state index in [0.717, 1.165) is 7.14 Å². The quantitative estimate of drug-likeness (QED) is 0.163. The van der Waals surface area contributed by atoms with E-state index >= 15 is 0 Å². The molecule has 0 N–H and O–H groups in total. The smallest absolute Gasteiger partial charge is 0.363 e. The zero-order valence-corrected chi connectivity index (χ0v) is 18.6. The van der Waals surface area contributed by atoms with E-state index in [1.807, 2.05) is 12.1 Å². The van der Waals surface area contributed by atoms with Crippen LogP contribution in [-0.4, -0.2) is 23.9 Å². The first-order chi connectivity index (χ1) is 12.8. The molecule has 2 aromatic rings. The number of halogens is 3. The number of rotatable bonds is 4. The summed E-state index contributed by atoms with van der Waals surface area (Å²) in [6.07, 6.45) is 1.55. The summed E-state index contributed by atoms with van der Waals surface area (Å²) in [4.78, 5) is 26.8. The number of nitro benzene ring substituents is 1. The molecule has 0 saturated heterocycles. The Labute approximate surface area is 185 Å². The van der Waals surface area contributed by atoms with Crippen LogP contribution < -0.4 is 4.74 Å². The van der Waals surface area contributed by atoms with Crippen LogP contribution in [0.3, 0.4) is 0 Å². The highest BCUT2D eigenvalue weighted by Crippen LogP contribution is 2.32. The van der Waals surface area contributed by atoms with Gasteiger partial charge in [0.05, 0.1) is 26.2 Å². The van der Waals surface area contributed by atoms with E-state index in [4.69, 9.17) is 21.1 Å². The molecule has 0 radical (unpaired) electrons. The number of nitrogens with zero attached hydrogens (tertiary/aromatic N) is 2. The number of benzene rings is 2. The second-order valence-electron chi connectivity index (χ2n) is 5.27. The van der Waals surface area contributed by atoms with Crippen molar-refractivity contribution < 1.29 is 19.2 Å². The van der Waals surface area contributed by atoms with E-state index < -0.39 is 10.9 Å². The second-order valence-corrected chi connectivity index (χ2v) is 8.08. The lowest BCUT2D eigenvalue weighted by Crippen LogP contribution is -2.06. The third-order valence-electron chi connectivity index (χ3n) is 3.55. The normalized spacial score (nSPS) is 14.9. The molecule has 0 atom stereocenters. The first-order valence-electron chi connectivity index (χ1n) is 7.30. The highest BCUT2D eigenvalue weighted by atomic mass is 127. The van der Waals surface area contributed by atoms with Crippen molar-refractivity contribution in [1.29, 1.82) is 0 Å². The Morgan fingerprint density at radius 2 is 2.04 bits per heavy atom. The van der Waals surface area contributed by atoms with Crippen molar-refractivity contribution in [3.8, 4) is 5.75 Å². The Bertz CT molecular complexity index is 1040. The van der Waals surface area contributed by atoms with Gasteiger partial charge in [0.2, 0.25) is 5.90 Å². The number of hydrogen-bond acceptors (Lipinski definition) is 6. The maximum Gasteiger partial charge on any atom is 0.363 e. The fraction of sp³-hybridized carbons (Fsp3) is 0.0588. The molecule has 0 fully saturated rings. The molecule has 3 rings (SSSR count). The summed E-state index contributed by atoms with van der Waals surface area (Å²) in [6, 6.07) is 7.62. The van der Waals surface area contributed by atoms with Crippen molar-refractivity contribution in [3.05, 3.63) is 69.4 Å². The predicted octanol–water partition coefficient (Wildman–Crippen LogP) is 4.81. The van der Waals surface area contributed by atoms with Crippen LogP contribution in [0.25, 0.3) is 6.08 Å². The molecule has 0 bridgehead atoms. The molecule has 0 spiro atoms. The van der Waals surface area contributed by atoms with Crippen LogP contribution in [0.1, 0.15) is 11.1 Å². The molecule has 0 aromatic heterocycles. The Morgan fingerprint density at radius 3 is 2.70 bits per heavy atom. The first-order valence-corrected chi connectivity index (χ1v) is 9.83. The molecule has 1 heterocycles. The molecule has 1 aliphatic heterocycles. The van der Waals surface area contributed by atoms with E-state index in [1.54, 1.807) is 6.08 Å². The van der Waals surface area contributed by atoms with Crippen LogP contribution >= 0.6 is 56.8 Å². The monoisotopic (exact) mass is 610 g/mol. The van der Waals surface area contributed by atoms with Crippen LogP contribution in [-0.2, 0) is 9.53 Å². The van der Waals surface area contributed by atoms with Gasteiger partial charge in [0.25, 0.3) is 5.69 Å². The van der Waals surface area contributed by atoms with Gasteiger partial charge in [-0.2, -0.15) is 0 Å². The largest absolute Gasteiger partial charge is 0.495 e. The molecule has 0 aliphatic carbocycles. The summed E-state index contributed by atoms with van der Waals surface area (Å²) < 4.78 is 12.4. The average Bonchev–Trinajstić information content (AvgIpc) is 2.95. The van der Waals surface area contributed by atoms with Gasteiger partial charge in [0.15, 0.2) is 5.70 Å². The number of cyclic esters (lactones) is 1. The molecule has 0 saturated carbocycles. The van der Waals surface area contributed by atoms with Crippen LogP contribution in [0, 0.1) is 17.3 Å². The number of carbonyl (C=O) groups excluding carboxylic acids is 1. The Balaban J connectivity index is 2.07. The topological polar surface area (TPSA) is 91.0 Å². The molecule has 27 heavy (non-hydrogen) atoms. The number of hydrogen-bond donors (Lipinski definition) is 0. The summed E-state index contributed by atoms with van der Waals surface area (Å²) in [5.41, 5.74) is 0.700. The molecule has 7 nitrogen and oxygen atoms in total. The standard InChI is InChI=1S/C17H9ClI2N2O5/c1-26-15-8(4-9(19)6-13(15)20)5-14-17(23)27-16(21-14)11-7-10(22(24)25)2-3-12(11)18/h2-7H,1H3/b14-5+. The average molecular weight is 611 g/mol. The van der Waals surface area contributed by atoms with Crippen molar-refractivity contribution in [3.63, 3.8) is 0 Å². The Morgan fingerprint density at radius 1 is 1.30 bits per heavy atom. The minimum absolute atomic E-state index is 0.0451. The van der Waals surface area contributed by atoms with Gasteiger partial charge >= 0.3 is 5.97 Å². The van der Waals surface area contributed by atoms with Crippen molar-refractivity contribution in [1.82, 2.24) is 0 Å². The second kappa shape index (κ2) is 8.10. The SMILES string of the molecule is COc1c(I)cc(I)cc1/C=C1/N=C(c2cc([N+](=O)[O-])ccc2Cl)OC1=O. The predicted molar refractivity (Wildman–Crippen MR) is 117 cm³/mol. The minimum Gasteiger partial charge on any atom is -0.495 e. The molecule has 138 valence electrons. The van der Waals surface area contributed by atoms with Gasteiger partial charge < -0.3 is 9.47 Å². The highest BCUT2D eigenvalue weighted by Gasteiger charge is 2.27. The van der Waals surface area contributed by atoms with Gasteiger partial charge in [-0.3, -0.25) is 10.1 Å². The van der Waals surface area contributed by atoms with Crippen molar-refractivity contribution in [2.45, 2.75) is 0 Å². The number of methoxy groups -OCH3 is 1. The lowest BCUT2D eigenvalue weighted by molar-refractivity contribution is -0.384. The van der Waals surface area contributed by atoms with Gasteiger partial charge in [-0.1, -0.05) is 11.6 Å². The van der Waals surface area contributed by atoms with Crippen molar-refractivity contribution in [2.75, 3.05) is 7.11 Å². The molecule has 10 heteroatoms. The minimum atomic E-state index is -0.677. The van der Waals surface area contributed by atoms with E-state index in [-0.39, 0.29) is 27.9 Å². The molecule has 2 aromatic carbocycles. The Kier molecular flexibility index (Phi) is 6.01. The summed E-state index contributed by atoms with van der Waals surface area (Å²) in [7, 11) is 1.54. The number of aliphatic imine (C=N–C) groups is 1. The van der Waals surface area contributed by atoms with E-state index in [0.29, 0.717) is 11.3 Å². The fourth-order valence-corrected chi connectivity index (χ4v) is 4.67. The molecular formula is C17H9ClI2N2O5. The van der Waals surface area contributed by atoms with Gasteiger partial charge in [-0.25, -0.2) is 9.79 Å². The van der Waals surface area contributed by atoms with Crippen molar-refractivity contribution in [2.24, 2.45) is 4.99 Å². The molecule has 0 unspecified atom stereocenters. The molecular weight excluding hydrogens is 601 g/mol. The van der Waals surface area contributed by atoms with Crippen LogP contribution in [0.2, 0.25) is 5.02 Å². The third kappa shape index (κ3) is 4.24. The summed E-state index contributed by atoms with van der Waals surface area (Å²) >= 11 is 10.4. The molecule has 0 amide bonds. The summed E-state index contributed by atoms with van der Waals surface area (Å²) in [5.74, 6) is -0.156. The number of nitro groups is 1. The van der Waals surface area contributed by atoms with E-state index in [1.165, 1.54) is 25.3 Å². The fourth-order valence-electron chi connectivity index (χ4n) is 2.37. The maximum absolute atomic E-state index is 12.2. The Hall–Kier alpha value is -1.73.